The topological polar surface area (TPSA) is 82.2 Å². The quantitative estimate of drug-likeness (QED) is 0.828. The predicted molar refractivity (Wildman–Crippen MR) is 79.2 cm³/mol. The molecule has 0 radical (unpaired) electrons. The van der Waals surface area contributed by atoms with Crippen LogP contribution in [0.5, 0.6) is 0 Å². The van der Waals surface area contributed by atoms with Gasteiger partial charge in [0.2, 0.25) is 0 Å². The number of carbonyl (C=O) groups is 1. The van der Waals surface area contributed by atoms with E-state index in [1.165, 1.54) is 0 Å². The highest BCUT2D eigenvalue weighted by atomic mass is 16.5. The largest absolute Gasteiger partial charge is 0.399 e. The van der Waals surface area contributed by atoms with E-state index >= 15 is 0 Å². The number of hydrogen-bond acceptors (Lipinski definition) is 4. The number of anilines is 1. The normalized spacial score (nSPS) is 17.8. The highest BCUT2D eigenvalue weighted by Gasteiger charge is 2.17. The lowest BCUT2D eigenvalue weighted by atomic mass is 10.1. The van der Waals surface area contributed by atoms with Crippen molar-refractivity contribution in [2.75, 3.05) is 25.5 Å². The number of nitrogens with two attached hydrogens (primary N) is 1. The van der Waals surface area contributed by atoms with Gasteiger partial charge >= 0.3 is 0 Å². The van der Waals surface area contributed by atoms with Gasteiger partial charge in [-0.1, -0.05) is 0 Å². The van der Waals surface area contributed by atoms with Gasteiger partial charge in [0, 0.05) is 31.0 Å². The Morgan fingerprint density at radius 1 is 1.38 bits per heavy atom. The third-order valence-electron chi connectivity index (χ3n) is 3.55. The van der Waals surface area contributed by atoms with Gasteiger partial charge in [0.25, 0.3) is 5.91 Å². The molecule has 3 rings (SSSR count). The summed E-state index contributed by atoms with van der Waals surface area (Å²) in [5.41, 5.74) is 7.63. The number of nitrogens with zero attached hydrogens (tertiary/aromatic N) is 2. The maximum Gasteiger partial charge on any atom is 0.271 e. The van der Waals surface area contributed by atoms with E-state index in [1.54, 1.807) is 29.1 Å². The molecule has 0 aliphatic carbocycles. The molecule has 1 fully saturated rings. The zero-order valence-electron chi connectivity index (χ0n) is 11.7. The first-order valence-electron chi connectivity index (χ1n) is 7.00. The molecule has 1 amide bonds. The Kier molecular flexibility index (Phi) is 3.87. The summed E-state index contributed by atoms with van der Waals surface area (Å²) >= 11 is 0. The maximum atomic E-state index is 12.1. The Hall–Kier alpha value is -2.34. The van der Waals surface area contributed by atoms with Crippen molar-refractivity contribution < 1.29 is 9.53 Å². The Labute approximate surface area is 122 Å². The van der Waals surface area contributed by atoms with Crippen molar-refractivity contribution in [3.05, 3.63) is 42.2 Å². The molecule has 3 N–H and O–H groups in total. The Morgan fingerprint density at radius 2 is 2.19 bits per heavy atom. The molecule has 1 aromatic carbocycles. The van der Waals surface area contributed by atoms with Crippen molar-refractivity contribution in [3.63, 3.8) is 0 Å². The Morgan fingerprint density at radius 3 is 2.90 bits per heavy atom. The van der Waals surface area contributed by atoms with Crippen LogP contribution in [0.1, 0.15) is 16.9 Å². The molecule has 1 aromatic heterocycles. The molecule has 0 spiro atoms. The summed E-state index contributed by atoms with van der Waals surface area (Å²) in [7, 11) is 0. The van der Waals surface area contributed by atoms with Gasteiger partial charge in [-0.3, -0.25) is 4.79 Å². The summed E-state index contributed by atoms with van der Waals surface area (Å²) in [6.07, 6.45) is 2.76. The van der Waals surface area contributed by atoms with E-state index in [2.05, 4.69) is 10.4 Å². The minimum Gasteiger partial charge on any atom is -0.399 e. The molecule has 2 heterocycles. The van der Waals surface area contributed by atoms with Crippen molar-refractivity contribution in [2.24, 2.45) is 5.92 Å². The van der Waals surface area contributed by atoms with Crippen molar-refractivity contribution in [1.29, 1.82) is 0 Å². The third kappa shape index (κ3) is 3.22. The Balaban J connectivity index is 1.63. The first-order valence-corrected chi connectivity index (χ1v) is 7.00. The first-order chi connectivity index (χ1) is 10.2. The van der Waals surface area contributed by atoms with Gasteiger partial charge in [0.15, 0.2) is 5.69 Å². The molecule has 0 bridgehead atoms. The van der Waals surface area contributed by atoms with Crippen molar-refractivity contribution in [2.45, 2.75) is 6.42 Å². The molecule has 6 nitrogen and oxygen atoms in total. The van der Waals surface area contributed by atoms with E-state index in [0.717, 1.165) is 25.3 Å². The highest BCUT2D eigenvalue weighted by molar-refractivity contribution is 5.92. The molecule has 1 atom stereocenters. The summed E-state index contributed by atoms with van der Waals surface area (Å²) in [6.45, 7) is 2.14. The fourth-order valence-corrected chi connectivity index (χ4v) is 2.29. The van der Waals surface area contributed by atoms with Crippen LogP contribution >= 0.6 is 0 Å². The van der Waals surface area contributed by atoms with Crippen LogP contribution in [0.2, 0.25) is 0 Å². The van der Waals surface area contributed by atoms with Gasteiger partial charge in [-0.2, -0.15) is 5.10 Å². The molecule has 21 heavy (non-hydrogen) atoms. The van der Waals surface area contributed by atoms with Gasteiger partial charge in [-0.05, 0) is 36.8 Å². The fraction of sp³-hybridized carbons (Fsp3) is 0.333. The monoisotopic (exact) mass is 286 g/mol. The lowest BCUT2D eigenvalue weighted by Gasteiger charge is -2.08. The van der Waals surface area contributed by atoms with Crippen molar-refractivity contribution in [3.8, 4) is 5.69 Å². The van der Waals surface area contributed by atoms with Crippen LogP contribution in [0, 0.1) is 5.92 Å². The van der Waals surface area contributed by atoms with Crippen LogP contribution in [0.4, 0.5) is 5.69 Å². The van der Waals surface area contributed by atoms with Gasteiger partial charge in [0.05, 0.1) is 12.3 Å². The van der Waals surface area contributed by atoms with Crippen LogP contribution in [-0.2, 0) is 4.74 Å². The Bertz CT molecular complexity index is 615. The second-order valence-corrected chi connectivity index (χ2v) is 5.18. The van der Waals surface area contributed by atoms with E-state index in [9.17, 15) is 4.79 Å². The van der Waals surface area contributed by atoms with Crippen LogP contribution in [-0.4, -0.2) is 35.4 Å². The number of amides is 1. The molecule has 1 saturated heterocycles. The minimum absolute atomic E-state index is 0.156. The van der Waals surface area contributed by atoms with E-state index in [-0.39, 0.29) is 5.91 Å². The molecule has 110 valence electrons. The number of nitrogens with one attached hydrogen (secondary N) is 1. The molecule has 1 aliphatic rings. The van der Waals surface area contributed by atoms with Crippen LogP contribution in [0.25, 0.3) is 5.69 Å². The second-order valence-electron chi connectivity index (χ2n) is 5.18. The van der Waals surface area contributed by atoms with E-state index in [0.29, 0.717) is 23.8 Å². The summed E-state index contributed by atoms with van der Waals surface area (Å²) in [6, 6.07) is 9.03. The van der Waals surface area contributed by atoms with Gasteiger partial charge in [0.1, 0.15) is 0 Å². The number of carbonyl (C=O) groups excluding carboxylic acids is 1. The number of rotatable bonds is 4. The number of aromatic nitrogens is 2. The average molecular weight is 286 g/mol. The molecule has 0 saturated carbocycles. The number of ether oxygens (including phenoxy) is 1. The van der Waals surface area contributed by atoms with Gasteiger partial charge in [-0.25, -0.2) is 4.68 Å². The van der Waals surface area contributed by atoms with Gasteiger partial charge < -0.3 is 15.8 Å². The number of benzene rings is 1. The number of hydrogen-bond donors (Lipinski definition) is 2. The maximum absolute atomic E-state index is 12.1. The van der Waals surface area contributed by atoms with Crippen LogP contribution < -0.4 is 11.1 Å². The molecular formula is C15H18N4O2. The van der Waals surface area contributed by atoms with E-state index < -0.39 is 0 Å². The summed E-state index contributed by atoms with van der Waals surface area (Å²) in [4.78, 5) is 12.1. The zero-order valence-corrected chi connectivity index (χ0v) is 11.7. The van der Waals surface area contributed by atoms with E-state index in [4.69, 9.17) is 10.5 Å². The average Bonchev–Trinajstić information content (AvgIpc) is 3.17. The molecule has 6 heteroatoms. The van der Waals surface area contributed by atoms with Gasteiger partial charge in [-0.15, -0.1) is 0 Å². The molecule has 1 unspecified atom stereocenters. The smallest absolute Gasteiger partial charge is 0.271 e. The highest BCUT2D eigenvalue weighted by Crippen LogP contribution is 2.12. The van der Waals surface area contributed by atoms with Crippen molar-refractivity contribution in [1.82, 2.24) is 15.1 Å². The minimum atomic E-state index is -0.156. The van der Waals surface area contributed by atoms with Crippen molar-refractivity contribution >= 4 is 11.6 Å². The fourth-order valence-electron chi connectivity index (χ4n) is 2.29. The molecular weight excluding hydrogens is 268 g/mol. The summed E-state index contributed by atoms with van der Waals surface area (Å²) in [5.74, 6) is 0.254. The third-order valence-corrected chi connectivity index (χ3v) is 3.55. The SMILES string of the molecule is Nc1ccc(-n2ccc(C(=O)NCC3CCOC3)n2)cc1. The second kappa shape index (κ2) is 5.97. The summed E-state index contributed by atoms with van der Waals surface area (Å²) < 4.78 is 6.95. The number of nitrogen functional groups attached to an aromatic ring is 1. The molecule has 1 aliphatic heterocycles. The predicted octanol–water partition coefficient (Wildman–Crippen LogP) is 1.22. The van der Waals surface area contributed by atoms with Crippen LogP contribution in [0.3, 0.4) is 0 Å². The lowest BCUT2D eigenvalue weighted by Crippen LogP contribution is -2.29. The first kappa shape index (κ1) is 13.6. The molecule has 2 aromatic rings. The zero-order chi connectivity index (χ0) is 14.7. The summed E-state index contributed by atoms with van der Waals surface area (Å²) in [5, 5.41) is 7.19. The van der Waals surface area contributed by atoms with E-state index in [1.807, 2.05) is 12.1 Å². The lowest BCUT2D eigenvalue weighted by molar-refractivity contribution is 0.0939. The standard InChI is InChI=1S/C15H18N4O2/c16-12-1-3-13(4-2-12)19-7-5-14(18-19)15(20)17-9-11-6-8-21-10-11/h1-5,7,11H,6,8-10,16H2,(H,17,20). The van der Waals surface area contributed by atoms with Crippen LogP contribution in [0.15, 0.2) is 36.5 Å².